The van der Waals surface area contributed by atoms with Crippen molar-refractivity contribution in [1.82, 2.24) is 10.3 Å². The molecular weight excluding hydrogens is 272 g/mol. The number of benzene rings is 1. The Kier molecular flexibility index (Phi) is 4.57. The second-order valence-corrected chi connectivity index (χ2v) is 5.70. The van der Waals surface area contributed by atoms with Crippen molar-refractivity contribution in [2.75, 3.05) is 17.6 Å². The van der Waals surface area contributed by atoms with E-state index < -0.39 is 0 Å². The van der Waals surface area contributed by atoms with Crippen molar-refractivity contribution in [2.45, 2.75) is 20.4 Å². The van der Waals surface area contributed by atoms with E-state index in [0.29, 0.717) is 24.3 Å². The van der Waals surface area contributed by atoms with Crippen molar-refractivity contribution in [3.63, 3.8) is 0 Å². The zero-order valence-corrected chi connectivity index (χ0v) is 12.4. The molecular formula is C14H18N4OS. The number of nitrogen functional groups attached to an aromatic ring is 1. The lowest BCUT2D eigenvalue weighted by Crippen LogP contribution is -2.23. The third-order valence-corrected chi connectivity index (χ3v) is 3.64. The number of nitrogens with two attached hydrogens (primary N) is 1. The molecule has 5 nitrogen and oxygen atoms in total. The number of aromatic nitrogens is 1. The number of thiazole rings is 1. The smallest absolute Gasteiger partial charge is 0.253 e. The van der Waals surface area contributed by atoms with Crippen molar-refractivity contribution in [3.05, 3.63) is 39.8 Å². The molecule has 0 bridgehead atoms. The Bertz CT molecular complexity index is 609. The molecule has 0 radical (unpaired) electrons. The lowest BCUT2D eigenvalue weighted by Gasteiger charge is -2.11. The molecule has 0 fully saturated rings. The van der Waals surface area contributed by atoms with Crippen LogP contribution in [0, 0.1) is 6.92 Å². The van der Waals surface area contributed by atoms with Crippen molar-refractivity contribution in [3.8, 4) is 0 Å². The fourth-order valence-corrected chi connectivity index (χ4v) is 2.54. The molecule has 106 valence electrons. The van der Waals surface area contributed by atoms with E-state index in [0.717, 1.165) is 10.7 Å². The van der Waals surface area contributed by atoms with Gasteiger partial charge in [0.25, 0.3) is 5.91 Å². The lowest BCUT2D eigenvalue weighted by molar-refractivity contribution is 0.0956. The number of carbonyl (C=O) groups excluding carboxylic acids is 1. The summed E-state index contributed by atoms with van der Waals surface area (Å²) in [4.78, 5) is 17.4. The lowest BCUT2D eigenvalue weighted by atomic mass is 10.1. The highest BCUT2D eigenvalue weighted by Crippen LogP contribution is 2.21. The molecule has 6 heteroatoms. The Labute approximate surface area is 122 Å². The molecule has 0 saturated carbocycles. The number of rotatable bonds is 5. The van der Waals surface area contributed by atoms with Crippen LogP contribution in [0.3, 0.4) is 0 Å². The second-order valence-electron chi connectivity index (χ2n) is 4.38. The van der Waals surface area contributed by atoms with Gasteiger partial charge < -0.3 is 16.4 Å². The number of hydrogen-bond donors (Lipinski definition) is 3. The van der Waals surface area contributed by atoms with Crippen LogP contribution < -0.4 is 16.4 Å². The van der Waals surface area contributed by atoms with Crippen molar-refractivity contribution in [2.24, 2.45) is 0 Å². The van der Waals surface area contributed by atoms with Gasteiger partial charge in [0.15, 0.2) is 0 Å². The van der Waals surface area contributed by atoms with Crippen molar-refractivity contribution < 1.29 is 4.79 Å². The third-order valence-electron chi connectivity index (χ3n) is 2.72. The van der Waals surface area contributed by atoms with Gasteiger partial charge in [-0.2, -0.15) is 0 Å². The minimum atomic E-state index is -0.106. The molecule has 0 unspecified atom stereocenters. The molecule has 2 aromatic rings. The summed E-state index contributed by atoms with van der Waals surface area (Å²) in [6.07, 6.45) is 1.84. The molecule has 2 rings (SSSR count). The Balaban J connectivity index is 2.16. The third kappa shape index (κ3) is 3.48. The molecule has 1 amide bonds. The summed E-state index contributed by atoms with van der Waals surface area (Å²) in [7, 11) is 0. The van der Waals surface area contributed by atoms with Crippen LogP contribution in [-0.2, 0) is 6.54 Å². The SMILES string of the molecule is CCNC(=O)c1ccc(N)cc1NCc1ncc(C)s1. The normalized spacial score (nSPS) is 10.3. The number of aryl methyl sites for hydroxylation is 1. The maximum atomic E-state index is 12.0. The molecule has 0 aliphatic rings. The number of anilines is 2. The largest absolute Gasteiger partial charge is 0.399 e. The fourth-order valence-electron chi connectivity index (χ4n) is 1.82. The molecule has 0 aliphatic carbocycles. The summed E-state index contributed by atoms with van der Waals surface area (Å²) in [6, 6.07) is 5.23. The van der Waals surface area contributed by atoms with Crippen LogP contribution in [0.2, 0.25) is 0 Å². The monoisotopic (exact) mass is 290 g/mol. The predicted molar refractivity (Wildman–Crippen MR) is 83.0 cm³/mol. The molecule has 0 spiro atoms. The van der Waals surface area contributed by atoms with Crippen LogP contribution in [0.1, 0.15) is 27.2 Å². The maximum absolute atomic E-state index is 12.0. The van der Waals surface area contributed by atoms with Crippen LogP contribution in [0.4, 0.5) is 11.4 Å². The molecule has 4 N–H and O–H groups in total. The summed E-state index contributed by atoms with van der Waals surface area (Å²) in [5, 5.41) is 7.00. The van der Waals surface area contributed by atoms with Crippen molar-refractivity contribution in [1.29, 1.82) is 0 Å². The molecule has 20 heavy (non-hydrogen) atoms. The van der Waals surface area contributed by atoms with E-state index in [9.17, 15) is 4.79 Å². The van der Waals surface area contributed by atoms with Gasteiger partial charge in [-0.05, 0) is 32.0 Å². The first-order chi connectivity index (χ1) is 9.60. The second kappa shape index (κ2) is 6.38. The summed E-state index contributed by atoms with van der Waals surface area (Å²) in [5.41, 5.74) is 7.73. The zero-order valence-electron chi connectivity index (χ0n) is 11.6. The van der Waals surface area contributed by atoms with Gasteiger partial charge in [-0.1, -0.05) is 0 Å². The van der Waals surface area contributed by atoms with Gasteiger partial charge in [0.05, 0.1) is 12.1 Å². The van der Waals surface area contributed by atoms with Crippen LogP contribution in [0.25, 0.3) is 0 Å². The number of amides is 1. The van der Waals surface area contributed by atoms with Crippen LogP contribution in [-0.4, -0.2) is 17.4 Å². The summed E-state index contributed by atoms with van der Waals surface area (Å²) in [6.45, 7) is 5.07. The molecule has 0 aliphatic heterocycles. The van der Waals surface area contributed by atoms with Gasteiger partial charge in [0.2, 0.25) is 0 Å². The van der Waals surface area contributed by atoms with E-state index in [1.54, 1.807) is 29.5 Å². The van der Waals surface area contributed by atoms with E-state index >= 15 is 0 Å². The van der Waals surface area contributed by atoms with Crippen LogP contribution in [0.15, 0.2) is 24.4 Å². The van der Waals surface area contributed by atoms with Gasteiger partial charge >= 0.3 is 0 Å². The molecule has 1 aromatic carbocycles. The van der Waals surface area contributed by atoms with Gasteiger partial charge in [-0.25, -0.2) is 4.98 Å². The van der Waals surface area contributed by atoms with Crippen LogP contribution in [0.5, 0.6) is 0 Å². The Hall–Kier alpha value is -2.08. The average Bonchev–Trinajstić information content (AvgIpc) is 2.82. The summed E-state index contributed by atoms with van der Waals surface area (Å²) in [5.74, 6) is -0.106. The standard InChI is InChI=1S/C14H18N4OS/c1-3-16-14(19)11-5-4-10(15)6-12(11)17-8-13-18-7-9(2)20-13/h4-7,17H,3,8,15H2,1-2H3,(H,16,19). The minimum absolute atomic E-state index is 0.106. The van der Waals surface area contributed by atoms with Crippen molar-refractivity contribution >= 4 is 28.6 Å². The van der Waals surface area contributed by atoms with E-state index in [4.69, 9.17) is 5.73 Å². The molecule has 1 heterocycles. The van der Waals surface area contributed by atoms with Crippen LogP contribution >= 0.6 is 11.3 Å². The van der Waals surface area contributed by atoms with E-state index in [1.807, 2.05) is 20.0 Å². The van der Waals surface area contributed by atoms with E-state index in [1.165, 1.54) is 4.88 Å². The highest BCUT2D eigenvalue weighted by Gasteiger charge is 2.11. The summed E-state index contributed by atoms with van der Waals surface area (Å²) < 4.78 is 0. The van der Waals surface area contributed by atoms with E-state index in [-0.39, 0.29) is 5.91 Å². The molecule has 0 atom stereocenters. The Morgan fingerprint density at radius 1 is 1.45 bits per heavy atom. The fraction of sp³-hybridized carbons (Fsp3) is 0.286. The summed E-state index contributed by atoms with van der Waals surface area (Å²) >= 11 is 1.63. The first kappa shape index (κ1) is 14.3. The number of nitrogens with one attached hydrogen (secondary N) is 2. The van der Waals surface area contributed by atoms with Gasteiger partial charge in [0.1, 0.15) is 5.01 Å². The zero-order chi connectivity index (χ0) is 14.5. The highest BCUT2D eigenvalue weighted by molar-refractivity contribution is 7.11. The number of carbonyl (C=O) groups is 1. The Morgan fingerprint density at radius 2 is 2.25 bits per heavy atom. The average molecular weight is 290 g/mol. The van der Waals surface area contributed by atoms with Gasteiger partial charge in [-0.3, -0.25) is 4.79 Å². The number of hydrogen-bond acceptors (Lipinski definition) is 5. The minimum Gasteiger partial charge on any atom is -0.399 e. The highest BCUT2D eigenvalue weighted by atomic mass is 32.1. The van der Waals surface area contributed by atoms with E-state index in [2.05, 4.69) is 15.6 Å². The molecule has 1 aromatic heterocycles. The van der Waals surface area contributed by atoms with Gasteiger partial charge in [0, 0.05) is 29.0 Å². The number of nitrogens with zero attached hydrogens (tertiary/aromatic N) is 1. The molecule has 0 saturated heterocycles. The van der Waals surface area contributed by atoms with Gasteiger partial charge in [-0.15, -0.1) is 11.3 Å². The quantitative estimate of drug-likeness (QED) is 0.739. The Morgan fingerprint density at radius 3 is 2.90 bits per heavy atom. The first-order valence-corrected chi connectivity index (χ1v) is 7.24. The maximum Gasteiger partial charge on any atom is 0.253 e. The predicted octanol–water partition coefficient (Wildman–Crippen LogP) is 2.40. The topological polar surface area (TPSA) is 80.0 Å². The first-order valence-electron chi connectivity index (χ1n) is 6.43.